The third kappa shape index (κ3) is 3.45. The van der Waals surface area contributed by atoms with Gasteiger partial charge in [0, 0.05) is 6.20 Å². The topological polar surface area (TPSA) is 86.9 Å². The summed E-state index contributed by atoms with van der Waals surface area (Å²) in [5.74, 6) is 1.25. The third-order valence-electron chi connectivity index (χ3n) is 4.69. The van der Waals surface area contributed by atoms with Gasteiger partial charge in [-0.15, -0.1) is 5.10 Å². The molecule has 1 unspecified atom stereocenters. The van der Waals surface area contributed by atoms with Crippen molar-refractivity contribution < 1.29 is 14.3 Å². The van der Waals surface area contributed by atoms with Gasteiger partial charge >= 0.3 is 5.69 Å². The smallest absolute Gasteiger partial charge is 0.350 e. The number of hydrogen-bond acceptors (Lipinski definition) is 5. The molecule has 0 bridgehead atoms. The number of rotatable bonds is 5. The molecule has 146 valence electrons. The van der Waals surface area contributed by atoms with Gasteiger partial charge in [0.15, 0.2) is 17.1 Å². The number of hydrogen-bond donors (Lipinski definition) is 1. The van der Waals surface area contributed by atoms with E-state index in [2.05, 4.69) is 10.4 Å². The largest absolute Gasteiger partial charge is 0.486 e. The van der Waals surface area contributed by atoms with E-state index in [1.165, 1.54) is 9.08 Å². The van der Waals surface area contributed by atoms with E-state index in [1.54, 1.807) is 24.4 Å². The maximum Gasteiger partial charge on any atom is 0.350 e. The molecule has 8 nitrogen and oxygen atoms in total. The van der Waals surface area contributed by atoms with Crippen molar-refractivity contribution in [2.24, 2.45) is 5.92 Å². The van der Waals surface area contributed by atoms with Crippen LogP contribution in [0, 0.1) is 5.92 Å². The minimum Gasteiger partial charge on any atom is -0.486 e. The highest BCUT2D eigenvalue weighted by molar-refractivity contribution is 5.76. The van der Waals surface area contributed by atoms with Crippen molar-refractivity contribution in [2.45, 2.75) is 26.4 Å². The first kappa shape index (κ1) is 18.1. The van der Waals surface area contributed by atoms with E-state index < -0.39 is 0 Å². The molecule has 0 fully saturated rings. The summed E-state index contributed by atoms with van der Waals surface area (Å²) in [5.41, 5.74) is 1.09. The van der Waals surface area contributed by atoms with Crippen LogP contribution in [0.3, 0.4) is 0 Å². The Bertz CT molecular complexity index is 1070. The second-order valence-electron chi connectivity index (χ2n) is 7.06. The number of nitrogens with zero attached hydrogens (tertiary/aromatic N) is 3. The SMILES string of the molecule is CC(C)C(NC(=O)Cn1nc2ccccn2c1=O)c1ccc2c(c1)OCCO2. The van der Waals surface area contributed by atoms with Gasteiger partial charge in [-0.3, -0.25) is 9.20 Å². The number of carbonyl (C=O) groups excluding carboxylic acids is 1. The van der Waals surface area contributed by atoms with Crippen molar-refractivity contribution in [3.8, 4) is 11.5 Å². The molecule has 3 aromatic rings. The number of aromatic nitrogens is 3. The van der Waals surface area contributed by atoms with E-state index in [4.69, 9.17) is 9.47 Å². The molecule has 3 heterocycles. The summed E-state index contributed by atoms with van der Waals surface area (Å²) in [6.45, 7) is 4.95. The molecule has 1 aromatic carbocycles. The molecule has 8 heteroatoms. The van der Waals surface area contributed by atoms with Crippen LogP contribution in [-0.4, -0.2) is 33.3 Å². The second-order valence-corrected chi connectivity index (χ2v) is 7.06. The molecular formula is C20H22N4O4. The van der Waals surface area contributed by atoms with Crippen molar-refractivity contribution >= 4 is 11.6 Å². The summed E-state index contributed by atoms with van der Waals surface area (Å²) in [6.07, 6.45) is 1.63. The Hall–Kier alpha value is -3.29. The Morgan fingerprint density at radius 2 is 1.96 bits per heavy atom. The molecule has 2 aromatic heterocycles. The first-order valence-corrected chi connectivity index (χ1v) is 9.26. The molecular weight excluding hydrogens is 360 g/mol. The van der Waals surface area contributed by atoms with Crippen LogP contribution in [0.25, 0.3) is 5.65 Å². The number of amides is 1. The molecule has 0 saturated heterocycles. The zero-order valence-electron chi connectivity index (χ0n) is 15.8. The lowest BCUT2D eigenvalue weighted by Gasteiger charge is -2.25. The van der Waals surface area contributed by atoms with Crippen molar-refractivity contribution in [1.29, 1.82) is 0 Å². The predicted octanol–water partition coefficient (Wildman–Crippen LogP) is 1.78. The molecule has 1 amide bonds. The monoisotopic (exact) mass is 382 g/mol. The quantitative estimate of drug-likeness (QED) is 0.727. The standard InChI is InChI=1S/C20H22N4O4/c1-13(2)19(14-6-7-15-16(11-14)28-10-9-27-15)21-18(25)12-24-20(26)23-8-4-3-5-17(23)22-24/h3-8,11,13,19H,9-10,12H2,1-2H3,(H,21,25). The second kappa shape index (κ2) is 7.38. The van der Waals surface area contributed by atoms with E-state index in [-0.39, 0.29) is 30.1 Å². The lowest BCUT2D eigenvalue weighted by molar-refractivity contribution is -0.123. The fraction of sp³-hybridized carbons (Fsp3) is 0.350. The first-order chi connectivity index (χ1) is 13.5. The molecule has 1 aliphatic heterocycles. The van der Waals surface area contributed by atoms with Gasteiger partial charge in [0.05, 0.1) is 6.04 Å². The van der Waals surface area contributed by atoms with Gasteiger partial charge in [0.1, 0.15) is 19.8 Å². The van der Waals surface area contributed by atoms with Gasteiger partial charge in [-0.05, 0) is 35.7 Å². The number of carbonyl (C=O) groups is 1. The summed E-state index contributed by atoms with van der Waals surface area (Å²) in [4.78, 5) is 25.0. The van der Waals surface area contributed by atoms with Crippen LogP contribution in [0.15, 0.2) is 47.4 Å². The predicted molar refractivity (Wildman–Crippen MR) is 103 cm³/mol. The fourth-order valence-electron chi connectivity index (χ4n) is 3.31. The van der Waals surface area contributed by atoms with Crippen LogP contribution in [0.2, 0.25) is 0 Å². The lowest BCUT2D eigenvalue weighted by Crippen LogP contribution is -2.37. The molecule has 0 spiro atoms. The van der Waals surface area contributed by atoms with Crippen LogP contribution in [0.5, 0.6) is 11.5 Å². The molecule has 4 rings (SSSR count). The summed E-state index contributed by atoms with van der Waals surface area (Å²) in [6, 6.07) is 10.7. The van der Waals surface area contributed by atoms with Gasteiger partial charge in [-0.1, -0.05) is 26.0 Å². The summed E-state index contributed by atoms with van der Waals surface area (Å²) < 4.78 is 13.8. The first-order valence-electron chi connectivity index (χ1n) is 9.26. The summed E-state index contributed by atoms with van der Waals surface area (Å²) in [7, 11) is 0. The van der Waals surface area contributed by atoms with Gasteiger partial charge in [0.2, 0.25) is 5.91 Å². The number of fused-ring (bicyclic) bond motifs is 2. The summed E-state index contributed by atoms with van der Waals surface area (Å²) >= 11 is 0. The molecule has 1 N–H and O–H groups in total. The van der Waals surface area contributed by atoms with Crippen LogP contribution in [0.1, 0.15) is 25.5 Å². The number of benzene rings is 1. The zero-order valence-corrected chi connectivity index (χ0v) is 15.8. The molecule has 0 radical (unpaired) electrons. The van der Waals surface area contributed by atoms with Crippen LogP contribution in [-0.2, 0) is 11.3 Å². The van der Waals surface area contributed by atoms with Crippen molar-refractivity contribution in [2.75, 3.05) is 13.2 Å². The molecule has 1 atom stereocenters. The van der Waals surface area contributed by atoms with Crippen LogP contribution >= 0.6 is 0 Å². The van der Waals surface area contributed by atoms with Gasteiger partial charge in [0.25, 0.3) is 0 Å². The Morgan fingerprint density at radius 3 is 2.71 bits per heavy atom. The fourth-order valence-corrected chi connectivity index (χ4v) is 3.31. The van der Waals surface area contributed by atoms with E-state index in [0.29, 0.717) is 30.4 Å². The van der Waals surface area contributed by atoms with Crippen molar-refractivity contribution in [1.82, 2.24) is 19.5 Å². The average Bonchev–Trinajstić information content (AvgIpc) is 3.01. The highest BCUT2D eigenvalue weighted by Gasteiger charge is 2.22. The van der Waals surface area contributed by atoms with Crippen molar-refractivity contribution in [3.63, 3.8) is 0 Å². The molecule has 1 aliphatic rings. The third-order valence-corrected chi connectivity index (χ3v) is 4.69. The minimum atomic E-state index is -0.342. The van der Waals surface area contributed by atoms with E-state index in [0.717, 1.165) is 5.56 Å². The van der Waals surface area contributed by atoms with Crippen molar-refractivity contribution in [3.05, 3.63) is 58.6 Å². The van der Waals surface area contributed by atoms with Gasteiger partial charge in [-0.2, -0.15) is 0 Å². The lowest BCUT2D eigenvalue weighted by atomic mass is 9.95. The van der Waals surface area contributed by atoms with Gasteiger partial charge in [-0.25, -0.2) is 9.48 Å². The number of ether oxygens (including phenoxy) is 2. The Labute approximate surface area is 161 Å². The molecule has 28 heavy (non-hydrogen) atoms. The van der Waals surface area contributed by atoms with E-state index in [9.17, 15) is 9.59 Å². The summed E-state index contributed by atoms with van der Waals surface area (Å²) in [5, 5.41) is 7.22. The minimum absolute atomic E-state index is 0.143. The zero-order chi connectivity index (χ0) is 19.7. The Balaban J connectivity index is 1.53. The van der Waals surface area contributed by atoms with E-state index >= 15 is 0 Å². The van der Waals surface area contributed by atoms with Crippen LogP contribution in [0.4, 0.5) is 0 Å². The van der Waals surface area contributed by atoms with Gasteiger partial charge < -0.3 is 14.8 Å². The Morgan fingerprint density at radius 1 is 1.18 bits per heavy atom. The maximum atomic E-state index is 12.6. The van der Waals surface area contributed by atoms with Crippen LogP contribution < -0.4 is 20.5 Å². The average molecular weight is 382 g/mol. The van der Waals surface area contributed by atoms with E-state index in [1.807, 2.05) is 32.0 Å². The normalized spacial score (nSPS) is 14.2. The molecule has 0 saturated carbocycles. The number of nitrogens with one attached hydrogen (secondary N) is 1. The molecule has 0 aliphatic carbocycles. The highest BCUT2D eigenvalue weighted by atomic mass is 16.6. The maximum absolute atomic E-state index is 12.6. The number of pyridine rings is 1. The highest BCUT2D eigenvalue weighted by Crippen LogP contribution is 2.34. The Kier molecular flexibility index (Phi) is 4.77.